The van der Waals surface area contributed by atoms with Crippen LogP contribution in [0.15, 0.2) is 36.4 Å². The molecule has 0 radical (unpaired) electrons. The normalized spacial score (nSPS) is 15.4. The first-order chi connectivity index (χ1) is 13.7. The molecule has 28 heavy (non-hydrogen) atoms. The van der Waals surface area contributed by atoms with E-state index in [9.17, 15) is 4.79 Å². The van der Waals surface area contributed by atoms with E-state index in [1.165, 1.54) is 0 Å². The van der Waals surface area contributed by atoms with Gasteiger partial charge in [0.2, 0.25) is 6.79 Å². The molecule has 0 atom stereocenters. The largest absolute Gasteiger partial charge is 0.497 e. The summed E-state index contributed by atoms with van der Waals surface area (Å²) in [5, 5.41) is 2.92. The second-order valence-electron chi connectivity index (χ2n) is 6.51. The van der Waals surface area contributed by atoms with Crippen LogP contribution in [-0.2, 0) is 0 Å². The van der Waals surface area contributed by atoms with E-state index < -0.39 is 0 Å². The minimum Gasteiger partial charge on any atom is -0.497 e. The first kappa shape index (κ1) is 18.1. The summed E-state index contributed by atoms with van der Waals surface area (Å²) in [7, 11) is 3.15. The summed E-state index contributed by atoms with van der Waals surface area (Å²) in [6, 6.07) is 11.1. The molecule has 0 aromatic heterocycles. The molecule has 2 aromatic carbocycles. The van der Waals surface area contributed by atoms with Gasteiger partial charge in [0, 0.05) is 44.0 Å². The number of benzene rings is 2. The first-order valence-corrected chi connectivity index (χ1v) is 9.10. The van der Waals surface area contributed by atoms with E-state index in [1.807, 2.05) is 18.2 Å². The van der Waals surface area contributed by atoms with Gasteiger partial charge in [-0.2, -0.15) is 0 Å². The van der Waals surface area contributed by atoms with Gasteiger partial charge >= 0.3 is 6.03 Å². The summed E-state index contributed by atoms with van der Waals surface area (Å²) in [6.07, 6.45) is 0. The molecular weight excluding hydrogens is 362 g/mol. The fourth-order valence-electron chi connectivity index (χ4n) is 3.35. The third-order valence-electron chi connectivity index (χ3n) is 4.94. The average molecular weight is 385 g/mol. The smallest absolute Gasteiger partial charge is 0.322 e. The summed E-state index contributed by atoms with van der Waals surface area (Å²) in [4.78, 5) is 16.7. The Labute approximate surface area is 163 Å². The van der Waals surface area contributed by atoms with Crippen molar-refractivity contribution in [1.82, 2.24) is 4.90 Å². The molecule has 0 saturated carbocycles. The summed E-state index contributed by atoms with van der Waals surface area (Å²) >= 11 is 0. The van der Waals surface area contributed by atoms with E-state index in [2.05, 4.69) is 10.2 Å². The van der Waals surface area contributed by atoms with Gasteiger partial charge in [-0.15, -0.1) is 0 Å². The Kier molecular flexibility index (Phi) is 5.01. The zero-order valence-corrected chi connectivity index (χ0v) is 15.9. The lowest BCUT2D eigenvalue weighted by atomic mass is 10.2. The number of nitrogens with one attached hydrogen (secondary N) is 1. The number of piperazine rings is 1. The SMILES string of the molecule is COc1ccc(NC(=O)N2CCN(c3ccc4c(c3)OCO4)CC2)c(OC)c1. The lowest BCUT2D eigenvalue weighted by Crippen LogP contribution is -2.50. The summed E-state index contributed by atoms with van der Waals surface area (Å²) in [5.41, 5.74) is 1.69. The van der Waals surface area contributed by atoms with Gasteiger partial charge in [0.05, 0.1) is 19.9 Å². The van der Waals surface area contributed by atoms with Crippen molar-refractivity contribution in [1.29, 1.82) is 0 Å². The number of carbonyl (C=O) groups is 1. The number of fused-ring (bicyclic) bond motifs is 1. The Hall–Kier alpha value is -3.29. The van der Waals surface area contributed by atoms with Crippen molar-refractivity contribution in [3.8, 4) is 23.0 Å². The third kappa shape index (κ3) is 3.58. The van der Waals surface area contributed by atoms with Gasteiger partial charge in [0.1, 0.15) is 11.5 Å². The van der Waals surface area contributed by atoms with Gasteiger partial charge in [0.25, 0.3) is 0 Å². The molecule has 1 N–H and O–H groups in total. The number of hydrogen-bond donors (Lipinski definition) is 1. The summed E-state index contributed by atoms with van der Waals surface area (Å²) in [6.45, 7) is 3.00. The maximum Gasteiger partial charge on any atom is 0.322 e. The zero-order valence-electron chi connectivity index (χ0n) is 15.9. The lowest BCUT2D eigenvalue weighted by Gasteiger charge is -2.36. The van der Waals surface area contributed by atoms with Crippen LogP contribution in [0.1, 0.15) is 0 Å². The minimum atomic E-state index is -0.145. The molecule has 2 aromatic rings. The molecule has 2 aliphatic heterocycles. The number of rotatable bonds is 4. The van der Waals surface area contributed by atoms with Gasteiger partial charge < -0.3 is 34.1 Å². The molecule has 1 saturated heterocycles. The Bertz CT molecular complexity index is 865. The molecule has 0 aliphatic carbocycles. The molecule has 4 rings (SSSR count). The minimum absolute atomic E-state index is 0.145. The maximum atomic E-state index is 12.7. The van der Waals surface area contributed by atoms with E-state index in [-0.39, 0.29) is 12.8 Å². The van der Waals surface area contributed by atoms with E-state index in [1.54, 1.807) is 37.3 Å². The molecule has 2 aliphatic rings. The Balaban J connectivity index is 1.36. The number of carbonyl (C=O) groups excluding carboxylic acids is 1. The van der Waals surface area contributed by atoms with Crippen molar-refractivity contribution in [2.75, 3.05) is 57.4 Å². The fourth-order valence-corrected chi connectivity index (χ4v) is 3.35. The Morgan fingerprint density at radius 3 is 2.50 bits per heavy atom. The molecule has 0 bridgehead atoms. The van der Waals surface area contributed by atoms with Crippen molar-refractivity contribution in [2.24, 2.45) is 0 Å². The highest BCUT2D eigenvalue weighted by molar-refractivity contribution is 5.91. The van der Waals surface area contributed by atoms with Crippen molar-refractivity contribution in [3.05, 3.63) is 36.4 Å². The second kappa shape index (κ2) is 7.75. The van der Waals surface area contributed by atoms with Crippen LogP contribution in [0.2, 0.25) is 0 Å². The number of anilines is 2. The molecule has 0 spiro atoms. The Morgan fingerprint density at radius 2 is 1.75 bits per heavy atom. The fraction of sp³-hybridized carbons (Fsp3) is 0.350. The van der Waals surface area contributed by atoms with Crippen LogP contribution in [0.25, 0.3) is 0 Å². The van der Waals surface area contributed by atoms with Gasteiger partial charge in [0.15, 0.2) is 11.5 Å². The highest BCUT2D eigenvalue weighted by atomic mass is 16.7. The molecule has 2 amide bonds. The molecular formula is C20H23N3O5. The number of amides is 2. The monoisotopic (exact) mass is 385 g/mol. The van der Waals surface area contributed by atoms with E-state index in [4.69, 9.17) is 18.9 Å². The van der Waals surface area contributed by atoms with Crippen LogP contribution in [0.5, 0.6) is 23.0 Å². The third-order valence-corrected chi connectivity index (χ3v) is 4.94. The van der Waals surface area contributed by atoms with E-state index >= 15 is 0 Å². The number of nitrogens with zero attached hydrogens (tertiary/aromatic N) is 2. The number of ether oxygens (including phenoxy) is 4. The summed E-state index contributed by atoms with van der Waals surface area (Å²) in [5.74, 6) is 2.78. The molecule has 8 heteroatoms. The standard InChI is InChI=1S/C20H23N3O5/c1-25-15-4-5-16(18(12-15)26-2)21-20(24)23-9-7-22(8-10-23)14-3-6-17-19(11-14)28-13-27-17/h3-6,11-12H,7-10,13H2,1-2H3,(H,21,24). The van der Waals surface area contributed by atoms with Crippen LogP contribution >= 0.6 is 0 Å². The molecule has 0 unspecified atom stereocenters. The van der Waals surface area contributed by atoms with Gasteiger partial charge in [-0.25, -0.2) is 4.79 Å². The van der Waals surface area contributed by atoms with Crippen LogP contribution in [-0.4, -0.2) is 58.1 Å². The highest BCUT2D eigenvalue weighted by Gasteiger charge is 2.23. The van der Waals surface area contributed by atoms with Crippen LogP contribution < -0.4 is 29.2 Å². The van der Waals surface area contributed by atoms with Crippen LogP contribution in [0.4, 0.5) is 16.2 Å². The molecule has 2 heterocycles. The number of urea groups is 1. The quantitative estimate of drug-likeness (QED) is 0.873. The van der Waals surface area contributed by atoms with E-state index in [0.29, 0.717) is 30.3 Å². The average Bonchev–Trinajstić information content (AvgIpc) is 3.22. The van der Waals surface area contributed by atoms with Crippen LogP contribution in [0, 0.1) is 0 Å². The second-order valence-corrected chi connectivity index (χ2v) is 6.51. The zero-order chi connectivity index (χ0) is 19.5. The predicted molar refractivity (Wildman–Crippen MR) is 105 cm³/mol. The van der Waals surface area contributed by atoms with Gasteiger partial charge in [-0.1, -0.05) is 0 Å². The maximum absolute atomic E-state index is 12.7. The first-order valence-electron chi connectivity index (χ1n) is 9.10. The van der Waals surface area contributed by atoms with Crippen molar-refractivity contribution in [2.45, 2.75) is 0 Å². The topological polar surface area (TPSA) is 72.5 Å². The van der Waals surface area contributed by atoms with Gasteiger partial charge in [-0.3, -0.25) is 0 Å². The highest BCUT2D eigenvalue weighted by Crippen LogP contribution is 2.35. The lowest BCUT2D eigenvalue weighted by molar-refractivity contribution is 0.174. The molecule has 8 nitrogen and oxygen atoms in total. The van der Waals surface area contributed by atoms with Crippen molar-refractivity contribution in [3.63, 3.8) is 0 Å². The number of methoxy groups -OCH3 is 2. The van der Waals surface area contributed by atoms with Crippen LogP contribution in [0.3, 0.4) is 0 Å². The van der Waals surface area contributed by atoms with Gasteiger partial charge in [-0.05, 0) is 24.3 Å². The summed E-state index contributed by atoms with van der Waals surface area (Å²) < 4.78 is 21.3. The van der Waals surface area contributed by atoms with Crippen molar-refractivity contribution < 1.29 is 23.7 Å². The van der Waals surface area contributed by atoms with Crippen molar-refractivity contribution >= 4 is 17.4 Å². The number of hydrogen-bond acceptors (Lipinski definition) is 6. The Morgan fingerprint density at radius 1 is 0.964 bits per heavy atom. The molecule has 1 fully saturated rings. The molecule has 148 valence electrons. The predicted octanol–water partition coefficient (Wildman–Crippen LogP) is 2.79. The van der Waals surface area contributed by atoms with E-state index in [0.717, 1.165) is 30.3 Å².